The highest BCUT2D eigenvalue weighted by molar-refractivity contribution is 6.16. The van der Waals surface area contributed by atoms with Gasteiger partial charge in [-0.3, -0.25) is 4.79 Å². The van der Waals surface area contributed by atoms with Crippen LogP contribution in [-0.2, 0) is 0 Å². The second-order valence-electron chi connectivity index (χ2n) is 8.08. The minimum atomic E-state index is -0.132. The molecule has 3 aromatic rings. The third-order valence-electron chi connectivity index (χ3n) is 5.61. The molecule has 0 saturated heterocycles. The molecule has 0 atom stereocenters. The van der Waals surface area contributed by atoms with E-state index in [-0.39, 0.29) is 5.78 Å². The van der Waals surface area contributed by atoms with Crippen molar-refractivity contribution in [2.75, 3.05) is 26.2 Å². The van der Waals surface area contributed by atoms with E-state index in [4.69, 9.17) is 14.4 Å². The number of unbranched alkanes of at least 4 members (excludes halogenated alkanes) is 2. The Morgan fingerprint density at radius 3 is 2.34 bits per heavy atom. The normalized spacial score (nSPS) is 11.1. The number of carbonyl (C=O) groups is 1. The lowest BCUT2D eigenvalue weighted by atomic mass is 10.0. The Morgan fingerprint density at radius 1 is 1.00 bits per heavy atom. The lowest BCUT2D eigenvalue weighted by molar-refractivity contribution is 0.103. The molecule has 0 amide bonds. The van der Waals surface area contributed by atoms with Crippen molar-refractivity contribution in [3.8, 4) is 11.8 Å². The summed E-state index contributed by atoms with van der Waals surface area (Å²) < 4.78 is 11.4. The summed E-state index contributed by atoms with van der Waals surface area (Å²) in [7, 11) is 0. The summed E-state index contributed by atoms with van der Waals surface area (Å²) >= 11 is 0. The molecule has 168 valence electrons. The largest absolute Gasteiger partial charge is 0.494 e. The molecule has 0 aliphatic rings. The van der Waals surface area contributed by atoms with Gasteiger partial charge in [0.2, 0.25) is 0 Å². The lowest BCUT2D eigenvalue weighted by Gasteiger charge is -2.21. The van der Waals surface area contributed by atoms with Gasteiger partial charge in [0.05, 0.1) is 23.8 Å². The summed E-state index contributed by atoms with van der Waals surface area (Å²) in [6.07, 6.45) is 7.36. The van der Waals surface area contributed by atoms with Gasteiger partial charge >= 0.3 is 0 Å². The Balaban J connectivity index is 1.55. The first-order valence-corrected chi connectivity index (χ1v) is 11.6. The molecular formula is C27H32N2O3. The molecule has 0 spiro atoms. The van der Waals surface area contributed by atoms with Gasteiger partial charge in [0.1, 0.15) is 17.6 Å². The van der Waals surface area contributed by atoms with Gasteiger partial charge in [-0.1, -0.05) is 26.7 Å². The number of nitrogens with zero attached hydrogens (tertiary/aromatic N) is 2. The molecule has 0 radical (unpaired) electrons. The predicted molar refractivity (Wildman–Crippen MR) is 127 cm³/mol. The van der Waals surface area contributed by atoms with E-state index < -0.39 is 0 Å². The van der Waals surface area contributed by atoms with Crippen molar-refractivity contribution >= 4 is 16.8 Å². The fourth-order valence-corrected chi connectivity index (χ4v) is 3.71. The monoisotopic (exact) mass is 432 g/mol. The minimum absolute atomic E-state index is 0.132. The maximum Gasteiger partial charge on any atom is 0.196 e. The molecular weight excluding hydrogens is 400 g/mol. The highest BCUT2D eigenvalue weighted by Gasteiger charge is 2.16. The summed E-state index contributed by atoms with van der Waals surface area (Å²) in [4.78, 5) is 15.5. The minimum Gasteiger partial charge on any atom is -0.494 e. The van der Waals surface area contributed by atoms with E-state index in [9.17, 15) is 4.79 Å². The van der Waals surface area contributed by atoms with E-state index in [1.165, 1.54) is 31.9 Å². The number of ketones is 1. The van der Waals surface area contributed by atoms with Crippen LogP contribution in [0.4, 0.5) is 0 Å². The van der Waals surface area contributed by atoms with E-state index in [0.717, 1.165) is 31.8 Å². The number of nitriles is 1. The maximum absolute atomic E-state index is 13.0. The first kappa shape index (κ1) is 23.6. The molecule has 3 rings (SSSR count). The highest BCUT2D eigenvalue weighted by atomic mass is 16.5. The van der Waals surface area contributed by atoms with Crippen LogP contribution in [0, 0.1) is 11.3 Å². The molecule has 0 unspecified atom stereocenters. The molecule has 0 fully saturated rings. The van der Waals surface area contributed by atoms with Crippen molar-refractivity contribution in [3.63, 3.8) is 0 Å². The van der Waals surface area contributed by atoms with Crippen molar-refractivity contribution in [1.29, 1.82) is 5.26 Å². The number of rotatable bonds is 13. The average molecular weight is 433 g/mol. The molecule has 32 heavy (non-hydrogen) atoms. The fourth-order valence-electron chi connectivity index (χ4n) is 3.71. The summed E-state index contributed by atoms with van der Waals surface area (Å²) in [5, 5.41) is 9.78. The van der Waals surface area contributed by atoms with Gasteiger partial charge in [-0.15, -0.1) is 0 Å². The third-order valence-corrected chi connectivity index (χ3v) is 5.61. The van der Waals surface area contributed by atoms with E-state index in [1.807, 2.05) is 12.1 Å². The van der Waals surface area contributed by atoms with Crippen LogP contribution >= 0.6 is 0 Å². The van der Waals surface area contributed by atoms with Crippen LogP contribution in [-0.4, -0.2) is 36.9 Å². The van der Waals surface area contributed by atoms with Crippen molar-refractivity contribution in [2.24, 2.45) is 0 Å². The van der Waals surface area contributed by atoms with E-state index >= 15 is 0 Å². The molecule has 2 aromatic carbocycles. The lowest BCUT2D eigenvalue weighted by Crippen LogP contribution is -2.28. The number of furan rings is 1. The van der Waals surface area contributed by atoms with Crippen LogP contribution in [0.25, 0.3) is 11.0 Å². The molecule has 1 aromatic heterocycles. The molecule has 5 nitrogen and oxygen atoms in total. The van der Waals surface area contributed by atoms with E-state index in [0.29, 0.717) is 34.3 Å². The molecule has 1 heterocycles. The fraction of sp³-hybridized carbons (Fsp3) is 0.407. The van der Waals surface area contributed by atoms with Crippen LogP contribution in [0.1, 0.15) is 67.4 Å². The zero-order chi connectivity index (χ0) is 22.8. The van der Waals surface area contributed by atoms with Crippen LogP contribution in [0.3, 0.4) is 0 Å². The topological polar surface area (TPSA) is 66.5 Å². The molecule has 0 saturated carbocycles. The Bertz CT molecular complexity index is 1040. The van der Waals surface area contributed by atoms with Crippen molar-refractivity contribution in [2.45, 2.75) is 46.0 Å². The first-order valence-electron chi connectivity index (χ1n) is 11.6. The van der Waals surface area contributed by atoms with Gasteiger partial charge in [-0.2, -0.15) is 5.26 Å². The maximum atomic E-state index is 13.0. The number of carbonyl (C=O) groups excluding carboxylic acids is 1. The van der Waals surface area contributed by atoms with E-state index in [1.54, 1.807) is 30.3 Å². The Kier molecular flexibility index (Phi) is 8.89. The Hall–Kier alpha value is -3.10. The molecule has 0 bridgehead atoms. The molecule has 0 aliphatic heterocycles. The molecule has 5 heteroatoms. The second kappa shape index (κ2) is 12.1. The average Bonchev–Trinajstić information content (AvgIpc) is 3.26. The first-order chi connectivity index (χ1) is 15.7. The van der Waals surface area contributed by atoms with Crippen molar-refractivity contribution in [3.05, 3.63) is 65.4 Å². The van der Waals surface area contributed by atoms with Gasteiger partial charge < -0.3 is 14.1 Å². The number of hydrogen-bond acceptors (Lipinski definition) is 5. The smallest absolute Gasteiger partial charge is 0.196 e. The zero-order valence-electron chi connectivity index (χ0n) is 19.1. The zero-order valence-corrected chi connectivity index (χ0v) is 19.1. The van der Waals surface area contributed by atoms with Crippen LogP contribution in [0.5, 0.6) is 5.75 Å². The highest BCUT2D eigenvalue weighted by Crippen LogP contribution is 2.25. The number of hydrogen-bond donors (Lipinski definition) is 0. The summed E-state index contributed by atoms with van der Waals surface area (Å²) in [5.74, 6) is 0.631. The van der Waals surface area contributed by atoms with Gasteiger partial charge in [0.25, 0.3) is 0 Å². The number of benzene rings is 2. The Morgan fingerprint density at radius 2 is 1.69 bits per heavy atom. The van der Waals surface area contributed by atoms with Crippen molar-refractivity contribution in [1.82, 2.24) is 4.90 Å². The van der Waals surface area contributed by atoms with Crippen molar-refractivity contribution < 1.29 is 13.9 Å². The second-order valence-corrected chi connectivity index (χ2v) is 8.08. The number of fused-ring (bicyclic) bond motifs is 1. The van der Waals surface area contributed by atoms with Gasteiger partial charge in [0.15, 0.2) is 5.78 Å². The Labute approximate surface area is 190 Å². The standard InChI is InChI=1S/C27H32N2O3/c1-3-5-14-29(15-6-4-2)16-7-17-31-23-11-9-22(10-12-23)27(30)25-20-32-26-13-8-21(19-28)18-24(25)26/h8-13,18,20H,3-7,14-17H2,1-2H3. The SMILES string of the molecule is CCCCN(CCCC)CCCOc1ccc(C(=O)c2coc3ccc(C#N)cc23)cc1. The summed E-state index contributed by atoms with van der Waals surface area (Å²) in [6.45, 7) is 8.49. The predicted octanol–water partition coefficient (Wildman–Crippen LogP) is 6.21. The van der Waals surface area contributed by atoms with Crippen LogP contribution < -0.4 is 4.74 Å². The third kappa shape index (κ3) is 6.21. The van der Waals surface area contributed by atoms with Gasteiger partial charge in [-0.25, -0.2) is 0 Å². The molecule has 0 N–H and O–H groups in total. The summed E-state index contributed by atoms with van der Waals surface area (Å²) in [6, 6.07) is 14.4. The summed E-state index contributed by atoms with van der Waals surface area (Å²) in [5.41, 5.74) is 2.12. The van der Waals surface area contributed by atoms with Gasteiger partial charge in [0, 0.05) is 17.5 Å². The van der Waals surface area contributed by atoms with Crippen LogP contribution in [0.15, 0.2) is 53.1 Å². The van der Waals surface area contributed by atoms with Crippen LogP contribution in [0.2, 0.25) is 0 Å². The van der Waals surface area contributed by atoms with Gasteiger partial charge in [-0.05, 0) is 74.8 Å². The van der Waals surface area contributed by atoms with E-state index in [2.05, 4.69) is 24.8 Å². The quantitative estimate of drug-likeness (QED) is 0.237. The molecule has 0 aliphatic carbocycles. The number of ether oxygens (including phenoxy) is 1.